The van der Waals surface area contributed by atoms with E-state index in [-0.39, 0.29) is 12.2 Å². The van der Waals surface area contributed by atoms with Gasteiger partial charge in [-0.15, -0.1) is 0 Å². The third kappa shape index (κ3) is 3.29. The van der Waals surface area contributed by atoms with Gasteiger partial charge in [-0.2, -0.15) is 0 Å². The Morgan fingerprint density at radius 3 is 2.57 bits per heavy atom. The number of nitrogens with zero attached hydrogens (tertiary/aromatic N) is 2. The standard InChI is InChI=1S/C18H14N2O2S/c21-12-6-7-13-23-18-19-16-11-5-4-10-15(16)17(22)20(18)14-8-2-1-3-9-14/h1-5,8-11,21H,12-13H2. The van der Waals surface area contributed by atoms with E-state index in [9.17, 15) is 4.79 Å². The van der Waals surface area contributed by atoms with Gasteiger partial charge >= 0.3 is 0 Å². The van der Waals surface area contributed by atoms with Gasteiger partial charge in [0.2, 0.25) is 0 Å². The predicted octanol–water partition coefficient (Wildman–Crippen LogP) is 2.47. The Kier molecular flexibility index (Phi) is 4.77. The number of para-hydroxylation sites is 2. The van der Waals surface area contributed by atoms with Crippen molar-refractivity contribution in [1.82, 2.24) is 9.55 Å². The average Bonchev–Trinajstić information content (AvgIpc) is 2.60. The fourth-order valence-corrected chi connectivity index (χ4v) is 3.01. The maximum atomic E-state index is 12.9. The zero-order valence-corrected chi connectivity index (χ0v) is 13.1. The molecule has 0 saturated carbocycles. The minimum absolute atomic E-state index is 0.0978. The van der Waals surface area contributed by atoms with Crippen molar-refractivity contribution >= 4 is 22.7 Å². The quantitative estimate of drug-likeness (QED) is 0.457. The van der Waals surface area contributed by atoms with Crippen LogP contribution in [-0.2, 0) is 0 Å². The Hall–Kier alpha value is -2.55. The first-order valence-electron chi connectivity index (χ1n) is 7.08. The molecule has 0 spiro atoms. The van der Waals surface area contributed by atoms with Crippen molar-refractivity contribution in [3.63, 3.8) is 0 Å². The van der Waals surface area contributed by atoms with Crippen molar-refractivity contribution in [1.29, 1.82) is 0 Å². The van der Waals surface area contributed by atoms with Crippen LogP contribution in [0.25, 0.3) is 16.6 Å². The molecule has 0 unspecified atom stereocenters. The molecule has 0 amide bonds. The Labute approximate surface area is 137 Å². The molecule has 0 atom stereocenters. The SMILES string of the molecule is O=c1c2ccccc2nc(SCC#CCO)n1-c1ccccc1. The summed E-state index contributed by atoms with van der Waals surface area (Å²) in [7, 11) is 0. The summed E-state index contributed by atoms with van der Waals surface area (Å²) in [6.07, 6.45) is 0. The van der Waals surface area contributed by atoms with Crippen LogP contribution in [0.5, 0.6) is 0 Å². The van der Waals surface area contributed by atoms with E-state index < -0.39 is 0 Å². The topological polar surface area (TPSA) is 55.1 Å². The minimum atomic E-state index is -0.169. The highest BCUT2D eigenvalue weighted by Crippen LogP contribution is 2.20. The summed E-state index contributed by atoms with van der Waals surface area (Å²) in [4.78, 5) is 17.5. The van der Waals surface area contributed by atoms with Crippen LogP contribution in [0.4, 0.5) is 0 Å². The molecule has 0 aliphatic rings. The molecule has 4 nitrogen and oxygen atoms in total. The number of aliphatic hydroxyl groups excluding tert-OH is 1. The van der Waals surface area contributed by atoms with Crippen LogP contribution in [-0.4, -0.2) is 27.0 Å². The first-order valence-corrected chi connectivity index (χ1v) is 8.06. The second kappa shape index (κ2) is 7.14. The van der Waals surface area contributed by atoms with Crippen LogP contribution in [0.15, 0.2) is 64.5 Å². The summed E-state index contributed by atoms with van der Waals surface area (Å²) < 4.78 is 1.60. The molecule has 3 rings (SSSR count). The van der Waals surface area contributed by atoms with Crippen LogP contribution < -0.4 is 5.56 Å². The zero-order chi connectivity index (χ0) is 16.1. The average molecular weight is 322 g/mol. The van der Waals surface area contributed by atoms with Crippen molar-refractivity contribution in [3.8, 4) is 17.5 Å². The van der Waals surface area contributed by atoms with E-state index in [1.54, 1.807) is 10.6 Å². The fourth-order valence-electron chi connectivity index (χ4n) is 2.22. The number of aliphatic hydroxyl groups is 1. The molecule has 0 fully saturated rings. The Morgan fingerprint density at radius 2 is 1.78 bits per heavy atom. The summed E-state index contributed by atoms with van der Waals surface area (Å²) >= 11 is 1.38. The lowest BCUT2D eigenvalue weighted by atomic mass is 10.2. The number of fused-ring (bicyclic) bond motifs is 1. The molecular weight excluding hydrogens is 308 g/mol. The Balaban J connectivity index is 2.17. The van der Waals surface area contributed by atoms with E-state index in [1.165, 1.54) is 11.8 Å². The summed E-state index contributed by atoms with van der Waals surface area (Å²) in [5, 5.41) is 9.90. The number of aromatic nitrogens is 2. The Bertz CT molecular complexity index is 940. The van der Waals surface area contributed by atoms with E-state index in [0.717, 1.165) is 5.69 Å². The van der Waals surface area contributed by atoms with Gasteiger partial charge in [0.05, 0.1) is 22.3 Å². The van der Waals surface area contributed by atoms with Gasteiger partial charge in [-0.1, -0.05) is 53.9 Å². The Morgan fingerprint density at radius 1 is 1.04 bits per heavy atom. The number of thioether (sulfide) groups is 1. The molecule has 0 saturated heterocycles. The van der Waals surface area contributed by atoms with E-state index >= 15 is 0 Å². The van der Waals surface area contributed by atoms with Crippen molar-refractivity contribution < 1.29 is 5.11 Å². The fraction of sp³-hybridized carbons (Fsp3) is 0.111. The molecule has 5 heteroatoms. The van der Waals surface area contributed by atoms with Crippen LogP contribution in [0.2, 0.25) is 0 Å². The number of hydrogen-bond donors (Lipinski definition) is 1. The normalized spacial score (nSPS) is 10.3. The summed E-state index contributed by atoms with van der Waals surface area (Å²) in [6, 6.07) is 16.7. The molecule has 0 radical (unpaired) electrons. The van der Waals surface area contributed by atoms with E-state index in [0.29, 0.717) is 21.8 Å². The van der Waals surface area contributed by atoms with E-state index in [2.05, 4.69) is 16.8 Å². The lowest BCUT2D eigenvalue weighted by Crippen LogP contribution is -2.21. The maximum Gasteiger partial charge on any atom is 0.266 e. The van der Waals surface area contributed by atoms with Crippen molar-refractivity contribution in [2.75, 3.05) is 12.4 Å². The number of rotatable bonds is 3. The van der Waals surface area contributed by atoms with Gasteiger partial charge in [0.1, 0.15) is 6.61 Å². The third-order valence-corrected chi connectivity index (χ3v) is 4.06. The minimum Gasteiger partial charge on any atom is -0.384 e. The molecule has 0 aliphatic carbocycles. The molecule has 114 valence electrons. The van der Waals surface area contributed by atoms with Crippen molar-refractivity contribution in [2.24, 2.45) is 0 Å². The molecule has 1 aromatic heterocycles. The van der Waals surface area contributed by atoms with E-state index in [1.807, 2.05) is 48.5 Å². The lowest BCUT2D eigenvalue weighted by molar-refractivity contribution is 0.350. The van der Waals surface area contributed by atoms with Gasteiger partial charge in [0.15, 0.2) is 5.16 Å². The van der Waals surface area contributed by atoms with Gasteiger partial charge < -0.3 is 5.11 Å². The highest BCUT2D eigenvalue weighted by molar-refractivity contribution is 7.99. The predicted molar refractivity (Wildman–Crippen MR) is 92.9 cm³/mol. The molecule has 0 aliphatic heterocycles. The van der Waals surface area contributed by atoms with Crippen LogP contribution in [0, 0.1) is 11.8 Å². The van der Waals surface area contributed by atoms with Crippen LogP contribution in [0.1, 0.15) is 0 Å². The number of hydrogen-bond acceptors (Lipinski definition) is 4. The van der Waals surface area contributed by atoms with Crippen LogP contribution >= 0.6 is 11.8 Å². The highest BCUT2D eigenvalue weighted by atomic mass is 32.2. The second-order valence-corrected chi connectivity index (χ2v) is 5.63. The molecule has 1 N–H and O–H groups in total. The molecule has 3 aromatic rings. The lowest BCUT2D eigenvalue weighted by Gasteiger charge is -2.12. The third-order valence-electron chi connectivity index (χ3n) is 3.24. The molecule has 2 aromatic carbocycles. The van der Waals surface area contributed by atoms with Gasteiger partial charge in [-0.05, 0) is 24.3 Å². The van der Waals surface area contributed by atoms with Gasteiger partial charge in [0.25, 0.3) is 5.56 Å². The summed E-state index contributed by atoms with van der Waals surface area (Å²) in [5.41, 5.74) is 1.34. The largest absolute Gasteiger partial charge is 0.384 e. The van der Waals surface area contributed by atoms with Crippen molar-refractivity contribution in [2.45, 2.75) is 5.16 Å². The number of benzene rings is 2. The first kappa shape index (κ1) is 15.3. The van der Waals surface area contributed by atoms with Crippen LogP contribution in [0.3, 0.4) is 0 Å². The molecular formula is C18H14N2O2S. The summed E-state index contributed by atoms with van der Waals surface area (Å²) in [6.45, 7) is -0.169. The highest BCUT2D eigenvalue weighted by Gasteiger charge is 2.12. The van der Waals surface area contributed by atoms with Gasteiger partial charge in [-0.3, -0.25) is 9.36 Å². The molecule has 23 heavy (non-hydrogen) atoms. The zero-order valence-electron chi connectivity index (χ0n) is 12.3. The molecule has 0 bridgehead atoms. The second-order valence-electron chi connectivity index (χ2n) is 4.69. The van der Waals surface area contributed by atoms with E-state index in [4.69, 9.17) is 5.11 Å². The summed E-state index contributed by atoms with van der Waals surface area (Å²) in [5.74, 6) is 5.89. The smallest absolute Gasteiger partial charge is 0.266 e. The monoisotopic (exact) mass is 322 g/mol. The maximum absolute atomic E-state index is 12.9. The first-order chi connectivity index (χ1) is 11.3. The van der Waals surface area contributed by atoms with Gasteiger partial charge in [0, 0.05) is 0 Å². The molecule has 1 heterocycles. The van der Waals surface area contributed by atoms with Gasteiger partial charge in [-0.25, -0.2) is 4.98 Å². The van der Waals surface area contributed by atoms with Crippen molar-refractivity contribution in [3.05, 3.63) is 65.0 Å².